The summed E-state index contributed by atoms with van der Waals surface area (Å²) in [5.41, 5.74) is 2.33. The first-order chi connectivity index (χ1) is 13.0. The van der Waals surface area contributed by atoms with Crippen LogP contribution in [0.2, 0.25) is 0 Å². The Balaban J connectivity index is 1.49. The highest BCUT2D eigenvalue weighted by Gasteiger charge is 2.24. The second-order valence-corrected chi connectivity index (χ2v) is 8.76. The van der Waals surface area contributed by atoms with E-state index < -0.39 is 0 Å². The van der Waals surface area contributed by atoms with Crippen molar-refractivity contribution >= 4 is 21.6 Å². The van der Waals surface area contributed by atoms with Crippen LogP contribution >= 0.6 is 11.3 Å². The molecule has 4 rings (SSSR count). The maximum absolute atomic E-state index is 13.0. The number of aryl methyl sites for hydroxylation is 1. The van der Waals surface area contributed by atoms with Crippen molar-refractivity contribution in [2.24, 2.45) is 5.92 Å². The molecule has 2 atom stereocenters. The van der Waals surface area contributed by atoms with E-state index in [2.05, 4.69) is 24.1 Å². The van der Waals surface area contributed by atoms with Crippen molar-refractivity contribution in [1.82, 2.24) is 9.97 Å². The molecule has 0 fully saturated rings. The Morgan fingerprint density at radius 2 is 2.15 bits per heavy atom. The maximum atomic E-state index is 13.0. The van der Waals surface area contributed by atoms with E-state index in [0.717, 1.165) is 53.8 Å². The van der Waals surface area contributed by atoms with Gasteiger partial charge in [-0.05, 0) is 55.4 Å². The molecule has 0 spiro atoms. The van der Waals surface area contributed by atoms with Crippen LogP contribution in [-0.4, -0.2) is 16.5 Å². The fraction of sp³-hybridized carbons (Fsp3) is 0.429. The molecule has 0 saturated heterocycles. The van der Waals surface area contributed by atoms with E-state index in [1.54, 1.807) is 11.3 Å². The number of rotatable bonds is 5. The molecule has 3 aromatic rings. The summed E-state index contributed by atoms with van der Waals surface area (Å²) in [6, 6.07) is 6.69. The van der Waals surface area contributed by atoms with Crippen LogP contribution in [0.15, 0.2) is 29.1 Å². The van der Waals surface area contributed by atoms with E-state index in [0.29, 0.717) is 5.92 Å². The Bertz CT molecular complexity index is 1010. The Kier molecular flexibility index (Phi) is 5.10. The van der Waals surface area contributed by atoms with E-state index in [1.165, 1.54) is 22.6 Å². The van der Waals surface area contributed by atoms with Crippen LogP contribution < -0.4 is 10.9 Å². The van der Waals surface area contributed by atoms with Gasteiger partial charge in [-0.1, -0.05) is 19.1 Å². The Morgan fingerprint density at radius 3 is 2.93 bits per heavy atom. The standard InChI is InChI=1S/C21H24FN3OS/c1-12-3-8-16-17(11-12)27-21-18(16)20(26)24-19(25-21)13(2)23-10-9-14-4-6-15(22)7-5-14/h4-7,12-13,23H,3,8-11H2,1-2H3,(H,24,25,26)/p+1/t12-,13+/m0/s1. The van der Waals surface area contributed by atoms with E-state index in [1.807, 2.05) is 12.1 Å². The van der Waals surface area contributed by atoms with Gasteiger partial charge in [-0.25, -0.2) is 9.37 Å². The van der Waals surface area contributed by atoms with Crippen LogP contribution in [0.5, 0.6) is 0 Å². The third-order valence-electron chi connectivity index (χ3n) is 5.48. The number of aromatic nitrogens is 2. The SMILES string of the molecule is C[C@H]1CCc2c(sc3nc([C@@H](C)[NH2+]CCc4ccc(F)cc4)[nH]c(=O)c23)C1. The van der Waals surface area contributed by atoms with Gasteiger partial charge in [0.2, 0.25) is 0 Å². The fourth-order valence-corrected chi connectivity index (χ4v) is 5.23. The van der Waals surface area contributed by atoms with Gasteiger partial charge < -0.3 is 10.3 Å². The van der Waals surface area contributed by atoms with Gasteiger partial charge in [-0.15, -0.1) is 11.3 Å². The van der Waals surface area contributed by atoms with Crippen molar-refractivity contribution in [3.63, 3.8) is 0 Å². The molecule has 2 heterocycles. The highest BCUT2D eigenvalue weighted by Crippen LogP contribution is 2.35. The van der Waals surface area contributed by atoms with E-state index in [-0.39, 0.29) is 17.4 Å². The molecular formula is C21H25FN3OS+. The minimum absolute atomic E-state index is 0.000776. The number of benzene rings is 1. The summed E-state index contributed by atoms with van der Waals surface area (Å²) in [6.07, 6.45) is 4.04. The molecule has 3 N–H and O–H groups in total. The monoisotopic (exact) mass is 386 g/mol. The Labute approximate surface area is 161 Å². The molecule has 1 aliphatic carbocycles. The number of nitrogens with one attached hydrogen (secondary N) is 1. The van der Waals surface area contributed by atoms with Crippen LogP contribution in [0.1, 0.15) is 48.1 Å². The van der Waals surface area contributed by atoms with Crippen LogP contribution in [0.3, 0.4) is 0 Å². The van der Waals surface area contributed by atoms with Crippen molar-refractivity contribution in [1.29, 1.82) is 0 Å². The summed E-state index contributed by atoms with van der Waals surface area (Å²) in [6.45, 7) is 5.19. The maximum Gasteiger partial charge on any atom is 0.260 e. The molecule has 27 heavy (non-hydrogen) atoms. The van der Waals surface area contributed by atoms with Crippen LogP contribution in [0, 0.1) is 11.7 Å². The number of H-pyrrole nitrogens is 1. The topological polar surface area (TPSA) is 62.4 Å². The number of quaternary nitrogens is 1. The van der Waals surface area contributed by atoms with Gasteiger partial charge in [0.15, 0.2) is 5.82 Å². The Morgan fingerprint density at radius 1 is 1.37 bits per heavy atom. The van der Waals surface area contributed by atoms with Crippen LogP contribution in [0.25, 0.3) is 10.2 Å². The van der Waals surface area contributed by atoms with Crippen molar-refractivity contribution in [2.45, 2.75) is 45.6 Å². The van der Waals surface area contributed by atoms with Crippen LogP contribution in [0.4, 0.5) is 4.39 Å². The lowest BCUT2D eigenvalue weighted by Gasteiger charge is -2.17. The third kappa shape index (κ3) is 3.82. The number of aromatic amines is 1. The zero-order valence-electron chi connectivity index (χ0n) is 15.7. The van der Waals surface area contributed by atoms with Crippen LogP contribution in [-0.2, 0) is 19.3 Å². The third-order valence-corrected chi connectivity index (χ3v) is 6.63. The van der Waals surface area contributed by atoms with Gasteiger partial charge in [0, 0.05) is 11.3 Å². The fourth-order valence-electron chi connectivity index (χ4n) is 3.84. The van der Waals surface area contributed by atoms with Crippen molar-refractivity contribution in [3.8, 4) is 0 Å². The lowest BCUT2D eigenvalue weighted by molar-refractivity contribution is -0.693. The zero-order valence-corrected chi connectivity index (χ0v) is 16.5. The molecule has 0 aliphatic heterocycles. The van der Waals surface area contributed by atoms with Gasteiger partial charge in [0.05, 0.1) is 11.9 Å². The first kappa shape index (κ1) is 18.3. The lowest BCUT2D eigenvalue weighted by Crippen LogP contribution is -2.85. The molecule has 0 amide bonds. The summed E-state index contributed by atoms with van der Waals surface area (Å²) in [4.78, 5) is 22.7. The summed E-state index contributed by atoms with van der Waals surface area (Å²) in [5.74, 6) is 1.21. The zero-order chi connectivity index (χ0) is 19.0. The number of hydrogen-bond acceptors (Lipinski definition) is 3. The van der Waals surface area contributed by atoms with E-state index in [9.17, 15) is 9.18 Å². The minimum Gasteiger partial charge on any atom is -0.337 e. The van der Waals surface area contributed by atoms with E-state index >= 15 is 0 Å². The van der Waals surface area contributed by atoms with Gasteiger partial charge in [0.1, 0.15) is 16.7 Å². The molecule has 0 radical (unpaired) electrons. The first-order valence-corrected chi connectivity index (χ1v) is 10.4. The smallest absolute Gasteiger partial charge is 0.260 e. The number of nitrogens with two attached hydrogens (primary N) is 1. The second-order valence-electron chi connectivity index (χ2n) is 7.67. The quantitative estimate of drug-likeness (QED) is 0.708. The number of nitrogens with zero attached hydrogens (tertiary/aromatic N) is 1. The van der Waals surface area contributed by atoms with Gasteiger partial charge in [0.25, 0.3) is 5.56 Å². The molecule has 1 aliphatic rings. The molecule has 0 bridgehead atoms. The highest BCUT2D eigenvalue weighted by atomic mass is 32.1. The normalized spacial score (nSPS) is 17.8. The van der Waals surface area contributed by atoms with Gasteiger partial charge in [-0.3, -0.25) is 4.79 Å². The molecule has 2 aromatic heterocycles. The molecule has 142 valence electrons. The lowest BCUT2D eigenvalue weighted by atomic mass is 9.89. The molecular weight excluding hydrogens is 361 g/mol. The van der Waals surface area contributed by atoms with Crippen molar-refractivity contribution in [2.75, 3.05) is 6.54 Å². The summed E-state index contributed by atoms with van der Waals surface area (Å²) in [7, 11) is 0. The Hall–Kier alpha value is -2.05. The molecule has 4 nitrogen and oxygen atoms in total. The number of hydrogen-bond donors (Lipinski definition) is 2. The van der Waals surface area contributed by atoms with Gasteiger partial charge in [-0.2, -0.15) is 0 Å². The molecule has 0 saturated carbocycles. The second kappa shape index (κ2) is 7.52. The number of halogens is 1. The van der Waals surface area contributed by atoms with Crippen molar-refractivity contribution < 1.29 is 9.71 Å². The van der Waals surface area contributed by atoms with Gasteiger partial charge >= 0.3 is 0 Å². The molecule has 0 unspecified atom stereocenters. The largest absolute Gasteiger partial charge is 0.337 e. The molecule has 6 heteroatoms. The highest BCUT2D eigenvalue weighted by molar-refractivity contribution is 7.18. The molecule has 1 aromatic carbocycles. The average molecular weight is 387 g/mol. The minimum atomic E-state index is -0.209. The predicted octanol–water partition coefficient (Wildman–Crippen LogP) is 3.12. The number of fused-ring (bicyclic) bond motifs is 3. The van der Waals surface area contributed by atoms with Crippen molar-refractivity contribution in [3.05, 3.63) is 62.3 Å². The predicted molar refractivity (Wildman–Crippen MR) is 107 cm³/mol. The number of thiophene rings is 1. The summed E-state index contributed by atoms with van der Waals surface area (Å²) < 4.78 is 13.0. The average Bonchev–Trinajstić information content (AvgIpc) is 3.01. The first-order valence-electron chi connectivity index (χ1n) is 9.63. The summed E-state index contributed by atoms with van der Waals surface area (Å²) >= 11 is 1.69. The van der Waals surface area contributed by atoms with E-state index in [4.69, 9.17) is 4.98 Å². The summed E-state index contributed by atoms with van der Waals surface area (Å²) in [5, 5.41) is 2.98.